The van der Waals surface area contributed by atoms with E-state index in [1.54, 1.807) is 0 Å². The molecule has 4 nitrogen and oxygen atoms in total. The number of hydrogen-bond donors (Lipinski definition) is 0. The molecule has 0 saturated heterocycles. The van der Waals surface area contributed by atoms with Crippen molar-refractivity contribution in [3.63, 3.8) is 0 Å². The van der Waals surface area contributed by atoms with E-state index in [2.05, 4.69) is 9.97 Å². The van der Waals surface area contributed by atoms with E-state index in [9.17, 15) is 4.79 Å². The van der Waals surface area contributed by atoms with E-state index in [0.717, 1.165) is 16.5 Å². The van der Waals surface area contributed by atoms with E-state index in [1.165, 1.54) is 18.9 Å². The largest absolute Gasteiger partial charge is 0.466 e. The molecule has 0 bridgehead atoms. The molecule has 0 aliphatic rings. The van der Waals surface area contributed by atoms with E-state index in [1.807, 2.05) is 32.9 Å². The van der Waals surface area contributed by atoms with Gasteiger partial charge in [0.2, 0.25) is 0 Å². The highest BCUT2D eigenvalue weighted by molar-refractivity contribution is 7.99. The van der Waals surface area contributed by atoms with E-state index in [4.69, 9.17) is 4.74 Å². The molecule has 0 fully saturated rings. The minimum Gasteiger partial charge on any atom is -0.466 e. The van der Waals surface area contributed by atoms with E-state index >= 15 is 0 Å². The molecule has 0 amide bonds. The number of esters is 1. The fourth-order valence-electron chi connectivity index (χ4n) is 1.48. The molecule has 18 heavy (non-hydrogen) atoms. The number of aromatic nitrogens is 2. The van der Waals surface area contributed by atoms with Gasteiger partial charge in [-0.05, 0) is 26.3 Å². The van der Waals surface area contributed by atoms with E-state index in [0.29, 0.717) is 17.7 Å². The highest BCUT2D eigenvalue weighted by atomic mass is 32.2. The van der Waals surface area contributed by atoms with Crippen molar-refractivity contribution >= 4 is 17.7 Å². The summed E-state index contributed by atoms with van der Waals surface area (Å²) in [7, 11) is 1.39. The Balaban J connectivity index is 2.64. The zero-order valence-corrected chi connectivity index (χ0v) is 12.0. The lowest BCUT2D eigenvalue weighted by Crippen LogP contribution is -2.04. The van der Waals surface area contributed by atoms with Crippen molar-refractivity contribution in [1.29, 1.82) is 0 Å². The summed E-state index contributed by atoms with van der Waals surface area (Å²) in [6.07, 6.45) is 2.54. The topological polar surface area (TPSA) is 52.1 Å². The number of thioether (sulfide) groups is 1. The molecule has 5 heteroatoms. The van der Waals surface area contributed by atoms with Gasteiger partial charge in [0.15, 0.2) is 5.16 Å². The fourth-order valence-corrected chi connectivity index (χ4v) is 2.33. The van der Waals surface area contributed by atoms with Crippen molar-refractivity contribution in [3.8, 4) is 0 Å². The second-order valence-electron chi connectivity index (χ2n) is 3.82. The lowest BCUT2D eigenvalue weighted by molar-refractivity contribution is -0.136. The molecule has 0 saturated carbocycles. The van der Waals surface area contributed by atoms with Crippen LogP contribution in [-0.2, 0) is 9.53 Å². The summed E-state index contributed by atoms with van der Waals surface area (Å²) in [6, 6.07) is 1.94. The zero-order valence-electron chi connectivity index (χ0n) is 11.2. The van der Waals surface area contributed by atoms with Gasteiger partial charge in [0.25, 0.3) is 0 Å². The second-order valence-corrected chi connectivity index (χ2v) is 4.81. The van der Waals surface area contributed by atoms with Gasteiger partial charge >= 0.3 is 5.97 Å². The smallest absolute Gasteiger partial charge is 0.333 e. The Labute approximate surface area is 112 Å². The number of aryl methyl sites for hydroxylation is 2. The molecule has 1 heterocycles. The summed E-state index contributed by atoms with van der Waals surface area (Å²) in [6.45, 7) is 5.82. The van der Waals surface area contributed by atoms with E-state index in [-0.39, 0.29) is 5.97 Å². The molecule has 0 aliphatic carbocycles. The second kappa shape index (κ2) is 7.16. The Bertz CT molecular complexity index is 438. The zero-order chi connectivity index (χ0) is 13.5. The minimum absolute atomic E-state index is 0.264. The summed E-state index contributed by atoms with van der Waals surface area (Å²) in [5.74, 6) is 0.403. The number of ether oxygens (including phenoxy) is 1. The Hall–Kier alpha value is -1.36. The molecule has 1 rings (SSSR count). The first kappa shape index (κ1) is 14.7. The Kier molecular flexibility index (Phi) is 5.85. The minimum atomic E-state index is -0.264. The molecule has 1 aromatic rings. The van der Waals surface area contributed by atoms with Gasteiger partial charge in [-0.2, -0.15) is 0 Å². The van der Waals surface area contributed by atoms with Crippen molar-refractivity contribution in [1.82, 2.24) is 9.97 Å². The van der Waals surface area contributed by atoms with Crippen LogP contribution >= 0.6 is 11.8 Å². The summed E-state index contributed by atoms with van der Waals surface area (Å²) in [5.41, 5.74) is 2.60. The summed E-state index contributed by atoms with van der Waals surface area (Å²) < 4.78 is 4.70. The van der Waals surface area contributed by atoms with Gasteiger partial charge in [0.1, 0.15) is 0 Å². The molecule has 98 valence electrons. The van der Waals surface area contributed by atoms with Crippen LogP contribution in [0.1, 0.15) is 24.7 Å². The highest BCUT2D eigenvalue weighted by Gasteiger charge is 2.06. The number of methoxy groups -OCH3 is 1. The van der Waals surface area contributed by atoms with Crippen molar-refractivity contribution < 1.29 is 9.53 Å². The molecule has 0 spiro atoms. The molecule has 0 radical (unpaired) electrons. The Morgan fingerprint density at radius 3 is 2.50 bits per heavy atom. The normalized spacial score (nSPS) is 11.4. The number of nitrogens with zero attached hydrogens (tertiary/aromatic N) is 2. The highest BCUT2D eigenvalue weighted by Crippen LogP contribution is 2.15. The Morgan fingerprint density at radius 1 is 1.39 bits per heavy atom. The third-order valence-corrected chi connectivity index (χ3v) is 3.11. The van der Waals surface area contributed by atoms with Gasteiger partial charge in [0.05, 0.1) is 7.11 Å². The van der Waals surface area contributed by atoms with Crippen molar-refractivity contribution in [2.24, 2.45) is 0 Å². The van der Waals surface area contributed by atoms with Crippen molar-refractivity contribution in [2.75, 3.05) is 12.9 Å². The van der Waals surface area contributed by atoms with Crippen LogP contribution in [0.4, 0.5) is 0 Å². The fraction of sp³-hybridized carbons (Fsp3) is 0.462. The maximum atomic E-state index is 11.4. The number of rotatable bonds is 5. The van der Waals surface area contributed by atoms with Crippen LogP contribution < -0.4 is 0 Å². The molecule has 0 N–H and O–H groups in total. The number of carbonyl (C=O) groups excluding carboxylic acids is 1. The molecule has 0 unspecified atom stereocenters. The Morgan fingerprint density at radius 2 is 2.00 bits per heavy atom. The average molecular weight is 266 g/mol. The SMILES string of the molecule is CCC(=CCSc1nc(C)cc(C)n1)C(=O)OC. The van der Waals surface area contributed by atoms with Gasteiger partial charge in [0, 0.05) is 22.7 Å². The quantitative estimate of drug-likeness (QED) is 0.355. The first-order valence-electron chi connectivity index (χ1n) is 5.79. The molecule has 0 aliphatic heterocycles. The summed E-state index contributed by atoms with van der Waals surface area (Å²) in [4.78, 5) is 20.0. The van der Waals surface area contributed by atoms with Crippen LogP contribution in [0.2, 0.25) is 0 Å². The van der Waals surface area contributed by atoms with Crippen molar-refractivity contribution in [2.45, 2.75) is 32.3 Å². The lowest BCUT2D eigenvalue weighted by Gasteiger charge is -2.03. The maximum absolute atomic E-state index is 11.4. The third-order valence-electron chi connectivity index (χ3n) is 2.33. The van der Waals surface area contributed by atoms with Gasteiger partial charge in [-0.25, -0.2) is 14.8 Å². The predicted molar refractivity (Wildman–Crippen MR) is 72.6 cm³/mol. The van der Waals surface area contributed by atoms with Gasteiger partial charge in [-0.1, -0.05) is 24.8 Å². The monoisotopic (exact) mass is 266 g/mol. The van der Waals surface area contributed by atoms with Crippen LogP contribution in [0.5, 0.6) is 0 Å². The molecule has 0 atom stereocenters. The van der Waals surface area contributed by atoms with E-state index < -0.39 is 0 Å². The van der Waals surface area contributed by atoms with Crippen LogP contribution in [0, 0.1) is 13.8 Å². The standard InChI is InChI=1S/C13H18N2O2S/c1-5-11(12(16)17-4)6-7-18-13-14-9(2)8-10(3)15-13/h6,8H,5,7H2,1-4H3. The molecule has 0 aromatic carbocycles. The van der Waals surface area contributed by atoms with Crippen LogP contribution in [0.3, 0.4) is 0 Å². The first-order chi connectivity index (χ1) is 8.56. The number of hydrogen-bond acceptors (Lipinski definition) is 5. The maximum Gasteiger partial charge on any atom is 0.333 e. The van der Waals surface area contributed by atoms with Gasteiger partial charge in [-0.3, -0.25) is 0 Å². The summed E-state index contributed by atoms with van der Waals surface area (Å²) in [5, 5.41) is 0.740. The van der Waals surface area contributed by atoms with Crippen molar-refractivity contribution in [3.05, 3.63) is 29.1 Å². The predicted octanol–water partition coefficient (Wildman–Crippen LogP) is 2.69. The van der Waals surface area contributed by atoms with Crippen LogP contribution in [-0.4, -0.2) is 28.8 Å². The van der Waals surface area contributed by atoms with Crippen LogP contribution in [0.15, 0.2) is 22.9 Å². The summed E-state index contributed by atoms with van der Waals surface area (Å²) >= 11 is 1.51. The van der Waals surface area contributed by atoms with Gasteiger partial charge < -0.3 is 4.74 Å². The average Bonchev–Trinajstić information content (AvgIpc) is 2.32. The number of carbonyl (C=O) groups is 1. The van der Waals surface area contributed by atoms with Crippen LogP contribution in [0.25, 0.3) is 0 Å². The first-order valence-corrected chi connectivity index (χ1v) is 6.77. The molecule has 1 aromatic heterocycles. The third kappa shape index (κ3) is 4.49. The molecular formula is C13H18N2O2S. The molecular weight excluding hydrogens is 248 g/mol. The lowest BCUT2D eigenvalue weighted by atomic mass is 10.2. The van der Waals surface area contributed by atoms with Gasteiger partial charge in [-0.15, -0.1) is 0 Å².